The number of amides is 3. The number of para-hydroxylation sites is 2. The fraction of sp³-hybridized carbons (Fsp3) is 0.385. The van der Waals surface area contributed by atoms with Crippen LogP contribution in [0.4, 0.5) is 23.7 Å². The molecule has 0 spiro atoms. The predicted molar refractivity (Wildman–Crippen MR) is 73.2 cm³/mol. The van der Waals surface area contributed by atoms with E-state index in [2.05, 4.69) is 15.4 Å². The highest BCUT2D eigenvalue weighted by atomic mass is 19.4. The van der Waals surface area contributed by atoms with Crippen molar-refractivity contribution in [2.75, 3.05) is 11.9 Å². The largest absolute Gasteiger partial charge is 0.573 e. The van der Waals surface area contributed by atoms with Crippen LogP contribution in [0, 0.1) is 0 Å². The summed E-state index contributed by atoms with van der Waals surface area (Å²) in [6.07, 6.45) is -3.76. The average Bonchev–Trinajstić information content (AvgIpc) is 2.38. The molecule has 1 rings (SSSR count). The quantitative estimate of drug-likeness (QED) is 0.674. The van der Waals surface area contributed by atoms with Crippen molar-refractivity contribution in [3.8, 4) is 5.75 Å². The van der Waals surface area contributed by atoms with Gasteiger partial charge in [0.2, 0.25) is 5.91 Å². The van der Waals surface area contributed by atoms with E-state index in [1.165, 1.54) is 18.2 Å². The van der Waals surface area contributed by atoms with E-state index in [1.54, 1.807) is 0 Å². The summed E-state index contributed by atoms with van der Waals surface area (Å²) in [6, 6.07) is 4.62. The number of unbranched alkanes of at least 4 members (excludes halogenated alkanes) is 1. The number of anilines is 1. The van der Waals surface area contributed by atoms with E-state index in [-0.39, 0.29) is 12.1 Å². The normalized spacial score (nSPS) is 10.9. The van der Waals surface area contributed by atoms with Crippen molar-refractivity contribution in [2.45, 2.75) is 25.6 Å². The Morgan fingerprint density at radius 1 is 1.18 bits per heavy atom. The summed E-state index contributed by atoms with van der Waals surface area (Å²) >= 11 is 0. The zero-order valence-corrected chi connectivity index (χ0v) is 11.6. The minimum absolute atomic E-state index is 0.0555. The number of halogens is 3. The summed E-state index contributed by atoms with van der Waals surface area (Å²) in [7, 11) is 0. The van der Waals surface area contributed by atoms with E-state index in [0.717, 1.165) is 6.07 Å². The van der Waals surface area contributed by atoms with Crippen molar-refractivity contribution in [1.29, 1.82) is 0 Å². The Hall–Kier alpha value is -2.45. The molecule has 4 N–H and O–H groups in total. The van der Waals surface area contributed by atoms with Gasteiger partial charge in [-0.15, -0.1) is 13.2 Å². The van der Waals surface area contributed by atoms with Gasteiger partial charge in [0.05, 0.1) is 5.69 Å². The number of alkyl halides is 3. The van der Waals surface area contributed by atoms with Gasteiger partial charge >= 0.3 is 12.4 Å². The van der Waals surface area contributed by atoms with Crippen LogP contribution in [0.25, 0.3) is 0 Å². The third-order valence-corrected chi connectivity index (χ3v) is 2.52. The van der Waals surface area contributed by atoms with Crippen molar-refractivity contribution < 1.29 is 27.5 Å². The number of nitrogens with one attached hydrogen (secondary N) is 2. The molecule has 0 atom stereocenters. The molecule has 0 heterocycles. The lowest BCUT2D eigenvalue weighted by Gasteiger charge is -2.13. The molecule has 0 saturated heterocycles. The van der Waals surface area contributed by atoms with E-state index in [1.807, 2.05) is 0 Å². The topological polar surface area (TPSA) is 93.5 Å². The van der Waals surface area contributed by atoms with Crippen LogP contribution in [0.5, 0.6) is 5.75 Å². The number of carbonyl (C=O) groups excluding carboxylic acids is 2. The van der Waals surface area contributed by atoms with Crippen LogP contribution in [0.1, 0.15) is 19.3 Å². The highest BCUT2D eigenvalue weighted by molar-refractivity contribution is 5.92. The maximum absolute atomic E-state index is 12.2. The smallest absolute Gasteiger partial charge is 0.404 e. The second-order valence-corrected chi connectivity index (χ2v) is 4.34. The Morgan fingerprint density at radius 2 is 1.86 bits per heavy atom. The Kier molecular flexibility index (Phi) is 6.48. The molecule has 122 valence electrons. The molecule has 0 unspecified atom stereocenters. The lowest BCUT2D eigenvalue weighted by Crippen LogP contribution is -2.30. The van der Waals surface area contributed by atoms with Gasteiger partial charge in [-0.1, -0.05) is 12.1 Å². The second kappa shape index (κ2) is 8.11. The zero-order chi connectivity index (χ0) is 16.6. The van der Waals surface area contributed by atoms with Crippen LogP contribution >= 0.6 is 0 Å². The van der Waals surface area contributed by atoms with E-state index < -0.39 is 24.1 Å². The molecule has 0 saturated carbocycles. The number of hydrogen-bond donors (Lipinski definition) is 3. The molecule has 0 aliphatic carbocycles. The van der Waals surface area contributed by atoms with Crippen molar-refractivity contribution >= 4 is 17.6 Å². The fourth-order valence-electron chi connectivity index (χ4n) is 1.62. The van der Waals surface area contributed by atoms with Crippen LogP contribution in [-0.4, -0.2) is 24.8 Å². The molecule has 3 amide bonds. The van der Waals surface area contributed by atoms with E-state index >= 15 is 0 Å². The zero-order valence-electron chi connectivity index (χ0n) is 11.6. The molecular weight excluding hydrogens is 303 g/mol. The van der Waals surface area contributed by atoms with Crippen LogP contribution in [-0.2, 0) is 4.79 Å². The van der Waals surface area contributed by atoms with Crippen molar-refractivity contribution in [2.24, 2.45) is 5.73 Å². The van der Waals surface area contributed by atoms with Crippen molar-refractivity contribution in [1.82, 2.24) is 5.32 Å². The van der Waals surface area contributed by atoms with Gasteiger partial charge in [-0.25, -0.2) is 4.79 Å². The molecule has 0 aliphatic rings. The molecule has 22 heavy (non-hydrogen) atoms. The highest BCUT2D eigenvalue weighted by Gasteiger charge is 2.32. The summed E-state index contributed by atoms with van der Waals surface area (Å²) in [5.74, 6) is -0.920. The van der Waals surface area contributed by atoms with Crippen LogP contribution < -0.4 is 21.1 Å². The van der Waals surface area contributed by atoms with Gasteiger partial charge in [-0.2, -0.15) is 0 Å². The number of primary amides is 1. The van der Waals surface area contributed by atoms with Crippen molar-refractivity contribution in [3.63, 3.8) is 0 Å². The summed E-state index contributed by atoms with van der Waals surface area (Å²) in [6.45, 7) is 0.330. The lowest BCUT2D eigenvalue weighted by molar-refractivity contribution is -0.274. The molecule has 6 nitrogen and oxygen atoms in total. The maximum Gasteiger partial charge on any atom is 0.573 e. The van der Waals surface area contributed by atoms with Gasteiger partial charge in [0.1, 0.15) is 0 Å². The number of benzene rings is 1. The van der Waals surface area contributed by atoms with Gasteiger partial charge in [0.15, 0.2) is 5.75 Å². The predicted octanol–water partition coefficient (Wildman–Crippen LogP) is 2.36. The van der Waals surface area contributed by atoms with Gasteiger partial charge in [0.25, 0.3) is 0 Å². The summed E-state index contributed by atoms with van der Waals surface area (Å²) in [5, 5.41) is 4.72. The summed E-state index contributed by atoms with van der Waals surface area (Å²) in [4.78, 5) is 22.1. The summed E-state index contributed by atoms with van der Waals surface area (Å²) < 4.78 is 40.5. The molecule has 0 fully saturated rings. The molecule has 0 bridgehead atoms. The van der Waals surface area contributed by atoms with E-state index in [9.17, 15) is 22.8 Å². The van der Waals surface area contributed by atoms with Crippen LogP contribution in [0.2, 0.25) is 0 Å². The van der Waals surface area contributed by atoms with E-state index in [0.29, 0.717) is 19.4 Å². The first-order valence-corrected chi connectivity index (χ1v) is 6.46. The van der Waals surface area contributed by atoms with Gasteiger partial charge < -0.3 is 21.1 Å². The van der Waals surface area contributed by atoms with Crippen LogP contribution in [0.3, 0.4) is 0 Å². The Labute approximate surface area is 124 Å². The third-order valence-electron chi connectivity index (χ3n) is 2.52. The van der Waals surface area contributed by atoms with E-state index in [4.69, 9.17) is 5.73 Å². The Balaban J connectivity index is 2.46. The Bertz CT molecular complexity index is 521. The first-order chi connectivity index (χ1) is 10.3. The molecule has 1 aromatic carbocycles. The molecule has 0 aromatic heterocycles. The molecule has 1 aromatic rings. The standard InChI is InChI=1S/C13H16F3N3O3/c14-13(15,16)22-10-6-2-1-5-9(10)19-11(20)7-3-4-8-18-12(17)21/h1-2,5-6H,3-4,7-8H2,(H,19,20)(H3,17,18,21). The third kappa shape index (κ3) is 7.36. The first kappa shape index (κ1) is 17.6. The molecule has 0 aliphatic heterocycles. The fourth-order valence-corrected chi connectivity index (χ4v) is 1.62. The van der Waals surface area contributed by atoms with Gasteiger partial charge in [-0.05, 0) is 25.0 Å². The number of rotatable bonds is 7. The number of carbonyl (C=O) groups is 2. The van der Waals surface area contributed by atoms with Gasteiger partial charge in [0, 0.05) is 13.0 Å². The Morgan fingerprint density at radius 3 is 2.50 bits per heavy atom. The average molecular weight is 319 g/mol. The first-order valence-electron chi connectivity index (χ1n) is 6.46. The number of ether oxygens (including phenoxy) is 1. The summed E-state index contributed by atoms with van der Waals surface area (Å²) in [5.41, 5.74) is 4.81. The molecule has 9 heteroatoms. The maximum atomic E-state index is 12.2. The lowest BCUT2D eigenvalue weighted by atomic mass is 10.2. The number of nitrogens with two attached hydrogens (primary N) is 1. The van der Waals surface area contributed by atoms with Gasteiger partial charge in [-0.3, -0.25) is 4.79 Å². The number of urea groups is 1. The molecular formula is C13H16F3N3O3. The molecule has 0 radical (unpaired) electrons. The SMILES string of the molecule is NC(=O)NCCCCC(=O)Nc1ccccc1OC(F)(F)F. The minimum atomic E-state index is -4.83. The van der Waals surface area contributed by atoms with Crippen LogP contribution in [0.15, 0.2) is 24.3 Å². The minimum Gasteiger partial charge on any atom is -0.404 e. The number of hydrogen-bond acceptors (Lipinski definition) is 3. The highest BCUT2D eigenvalue weighted by Crippen LogP contribution is 2.29. The van der Waals surface area contributed by atoms with Crippen molar-refractivity contribution in [3.05, 3.63) is 24.3 Å². The monoisotopic (exact) mass is 319 g/mol. The second-order valence-electron chi connectivity index (χ2n) is 4.34.